The molecule has 0 spiro atoms. The van der Waals surface area contributed by atoms with E-state index in [4.69, 9.17) is 10.5 Å². The number of nitrogens with zero attached hydrogens (tertiary/aromatic N) is 4. The number of H-pyrrole nitrogens is 1. The van der Waals surface area contributed by atoms with E-state index in [1.165, 1.54) is 35.1 Å². The van der Waals surface area contributed by atoms with Crippen LogP contribution in [0.25, 0.3) is 33.7 Å². The Bertz CT molecular complexity index is 1350. The second-order valence-corrected chi connectivity index (χ2v) is 6.71. The summed E-state index contributed by atoms with van der Waals surface area (Å²) >= 11 is 0. The van der Waals surface area contributed by atoms with E-state index in [0.717, 1.165) is 0 Å². The fraction of sp³-hybridized carbons (Fsp3) is 0.200. The van der Waals surface area contributed by atoms with Crippen LogP contribution in [0.4, 0.5) is 18.9 Å². The van der Waals surface area contributed by atoms with Crippen LogP contribution in [0.2, 0.25) is 0 Å². The van der Waals surface area contributed by atoms with Gasteiger partial charge in [-0.2, -0.15) is 5.10 Å². The van der Waals surface area contributed by atoms with E-state index in [-0.39, 0.29) is 28.5 Å². The van der Waals surface area contributed by atoms with Crippen LogP contribution in [-0.2, 0) is 7.05 Å². The first kappa shape index (κ1) is 21.2. The lowest BCUT2D eigenvalue weighted by atomic mass is 10.1. The molecule has 0 radical (unpaired) electrons. The van der Waals surface area contributed by atoms with Crippen molar-refractivity contribution in [1.82, 2.24) is 24.7 Å². The van der Waals surface area contributed by atoms with Crippen molar-refractivity contribution >= 4 is 16.7 Å². The van der Waals surface area contributed by atoms with Crippen molar-refractivity contribution in [3.8, 4) is 34.3 Å². The summed E-state index contributed by atoms with van der Waals surface area (Å²) in [7, 11) is 1.60. The summed E-state index contributed by atoms with van der Waals surface area (Å²) in [6, 6.07) is 6.76. The summed E-state index contributed by atoms with van der Waals surface area (Å²) in [6.45, 7) is 2.12. The minimum Gasteiger partial charge on any atom is -0.477 e. The molecule has 0 unspecified atom stereocenters. The van der Waals surface area contributed by atoms with Crippen LogP contribution in [-0.4, -0.2) is 37.7 Å². The third-order valence-corrected chi connectivity index (χ3v) is 4.46. The number of aromatic nitrogens is 5. The van der Waals surface area contributed by atoms with Crippen LogP contribution in [0.15, 0.2) is 41.3 Å². The minimum atomic E-state index is -4.80. The summed E-state index contributed by atoms with van der Waals surface area (Å²) in [5, 5.41) is 4.21. The zero-order chi connectivity index (χ0) is 23.0. The van der Waals surface area contributed by atoms with Gasteiger partial charge in [0, 0.05) is 12.6 Å². The Morgan fingerprint density at radius 3 is 2.56 bits per heavy atom. The maximum Gasteiger partial charge on any atom is 0.573 e. The summed E-state index contributed by atoms with van der Waals surface area (Å²) in [4.78, 5) is 24.1. The maximum atomic E-state index is 12.7. The second-order valence-electron chi connectivity index (χ2n) is 6.71. The topological polar surface area (TPSA) is 121 Å². The number of alkyl halides is 3. The van der Waals surface area contributed by atoms with Crippen molar-refractivity contribution in [1.29, 1.82) is 0 Å². The van der Waals surface area contributed by atoms with Crippen molar-refractivity contribution < 1.29 is 22.6 Å². The first-order chi connectivity index (χ1) is 15.2. The highest BCUT2D eigenvalue weighted by Crippen LogP contribution is 2.32. The molecule has 0 amide bonds. The molecule has 1 aromatic carbocycles. The van der Waals surface area contributed by atoms with Crippen LogP contribution in [0.3, 0.4) is 0 Å². The molecular weight excluding hydrogens is 429 g/mol. The Hall–Kier alpha value is -4.09. The number of hydrogen-bond donors (Lipinski definition) is 2. The van der Waals surface area contributed by atoms with Gasteiger partial charge < -0.3 is 20.2 Å². The molecule has 3 heterocycles. The highest BCUT2D eigenvalue weighted by molar-refractivity contribution is 5.90. The SMILES string of the molecule is CCOc1ncc(N)cc1-c1nc2c(-c3ccc(OC(F)(F)F)cc3)n(C)nc2c(=O)[nH]1. The lowest BCUT2D eigenvalue weighted by Crippen LogP contribution is -2.16. The van der Waals surface area contributed by atoms with Gasteiger partial charge in [-0.05, 0) is 37.3 Å². The van der Waals surface area contributed by atoms with Gasteiger partial charge in [0.15, 0.2) is 5.52 Å². The number of hydrogen-bond acceptors (Lipinski definition) is 7. The molecule has 3 N–H and O–H groups in total. The summed E-state index contributed by atoms with van der Waals surface area (Å²) in [5.74, 6) is 0.0340. The Morgan fingerprint density at radius 1 is 1.19 bits per heavy atom. The molecule has 166 valence electrons. The van der Waals surface area contributed by atoms with E-state index in [2.05, 4.69) is 24.8 Å². The third kappa shape index (κ3) is 4.06. The Kier molecular flexibility index (Phi) is 5.20. The largest absolute Gasteiger partial charge is 0.573 e. The number of halogens is 3. The predicted octanol–water partition coefficient (Wildman–Crippen LogP) is 3.27. The predicted molar refractivity (Wildman–Crippen MR) is 110 cm³/mol. The van der Waals surface area contributed by atoms with Crippen molar-refractivity contribution in [3.05, 3.63) is 46.9 Å². The summed E-state index contributed by atoms with van der Waals surface area (Å²) < 4.78 is 48.2. The molecule has 3 aromatic heterocycles. The van der Waals surface area contributed by atoms with Crippen LogP contribution >= 0.6 is 0 Å². The van der Waals surface area contributed by atoms with Gasteiger partial charge in [-0.3, -0.25) is 9.48 Å². The average molecular weight is 446 g/mol. The van der Waals surface area contributed by atoms with E-state index < -0.39 is 11.9 Å². The molecule has 9 nitrogen and oxygen atoms in total. The Balaban J connectivity index is 1.86. The molecule has 0 atom stereocenters. The van der Waals surface area contributed by atoms with E-state index in [0.29, 0.717) is 29.1 Å². The smallest absolute Gasteiger partial charge is 0.477 e. The molecule has 0 fully saturated rings. The molecule has 0 saturated heterocycles. The van der Waals surface area contributed by atoms with Crippen molar-refractivity contribution in [2.45, 2.75) is 13.3 Å². The number of nitrogens with two attached hydrogens (primary N) is 1. The van der Waals surface area contributed by atoms with Gasteiger partial charge in [-0.1, -0.05) is 0 Å². The Morgan fingerprint density at radius 2 is 1.91 bits per heavy atom. The van der Waals surface area contributed by atoms with E-state index in [9.17, 15) is 18.0 Å². The molecule has 0 saturated carbocycles. The third-order valence-electron chi connectivity index (χ3n) is 4.46. The van der Waals surface area contributed by atoms with Gasteiger partial charge >= 0.3 is 6.36 Å². The zero-order valence-corrected chi connectivity index (χ0v) is 16.9. The fourth-order valence-corrected chi connectivity index (χ4v) is 3.23. The van der Waals surface area contributed by atoms with Crippen LogP contribution in [0, 0.1) is 0 Å². The van der Waals surface area contributed by atoms with Gasteiger partial charge in [0.2, 0.25) is 5.88 Å². The van der Waals surface area contributed by atoms with Gasteiger partial charge in [0.05, 0.1) is 29.7 Å². The minimum absolute atomic E-state index is 0.0664. The number of rotatable bonds is 5. The number of benzene rings is 1. The number of fused-ring (bicyclic) bond motifs is 1. The number of aromatic amines is 1. The normalized spacial score (nSPS) is 11.7. The lowest BCUT2D eigenvalue weighted by molar-refractivity contribution is -0.274. The second kappa shape index (κ2) is 7.87. The molecule has 12 heteroatoms. The Labute approximate surface area is 178 Å². The molecule has 0 bridgehead atoms. The van der Waals surface area contributed by atoms with Crippen LogP contribution in [0.1, 0.15) is 6.92 Å². The molecule has 0 aliphatic rings. The molecule has 32 heavy (non-hydrogen) atoms. The van der Waals surface area contributed by atoms with Crippen molar-refractivity contribution in [2.24, 2.45) is 7.05 Å². The van der Waals surface area contributed by atoms with E-state index in [1.807, 2.05) is 0 Å². The molecule has 0 aliphatic heterocycles. The first-order valence-corrected chi connectivity index (χ1v) is 9.38. The van der Waals surface area contributed by atoms with Crippen molar-refractivity contribution in [2.75, 3.05) is 12.3 Å². The fourth-order valence-electron chi connectivity index (χ4n) is 3.23. The monoisotopic (exact) mass is 446 g/mol. The van der Waals surface area contributed by atoms with E-state index in [1.54, 1.807) is 20.0 Å². The van der Waals surface area contributed by atoms with Gasteiger partial charge in [-0.25, -0.2) is 9.97 Å². The van der Waals surface area contributed by atoms with Crippen molar-refractivity contribution in [3.63, 3.8) is 0 Å². The highest BCUT2D eigenvalue weighted by atomic mass is 19.4. The highest BCUT2D eigenvalue weighted by Gasteiger charge is 2.31. The first-order valence-electron chi connectivity index (χ1n) is 9.38. The number of ether oxygens (including phenoxy) is 2. The number of anilines is 1. The quantitative estimate of drug-likeness (QED) is 0.483. The van der Waals surface area contributed by atoms with Gasteiger partial charge in [-0.15, -0.1) is 13.2 Å². The van der Waals surface area contributed by atoms with E-state index >= 15 is 0 Å². The standard InChI is InChI=1S/C20H17F3N6O3/c1-3-31-19-13(8-11(24)9-25-19)17-26-14-15(18(30)27-17)28-29(2)16(14)10-4-6-12(7-5-10)32-20(21,22)23/h4-9H,3,24H2,1-2H3,(H,26,27,30). The van der Waals surface area contributed by atoms with Gasteiger partial charge in [0.25, 0.3) is 5.56 Å². The van der Waals surface area contributed by atoms with Crippen LogP contribution < -0.4 is 20.8 Å². The van der Waals surface area contributed by atoms with Gasteiger partial charge in [0.1, 0.15) is 17.1 Å². The summed E-state index contributed by atoms with van der Waals surface area (Å²) in [5.41, 5.74) is 7.31. The maximum absolute atomic E-state index is 12.7. The molecule has 0 aliphatic carbocycles. The lowest BCUT2D eigenvalue weighted by Gasteiger charge is -2.10. The number of nitrogen functional groups attached to an aromatic ring is 1. The molecular formula is C20H17F3N6O3. The summed E-state index contributed by atoms with van der Waals surface area (Å²) in [6.07, 6.45) is -3.38. The zero-order valence-electron chi connectivity index (χ0n) is 16.9. The van der Waals surface area contributed by atoms with Crippen LogP contribution in [0.5, 0.6) is 11.6 Å². The number of nitrogens with one attached hydrogen (secondary N) is 1. The number of pyridine rings is 1. The molecule has 4 rings (SSSR count). The average Bonchev–Trinajstić information content (AvgIpc) is 3.05. The number of aryl methyl sites for hydroxylation is 1. The molecule has 4 aromatic rings.